The summed E-state index contributed by atoms with van der Waals surface area (Å²) in [5.41, 5.74) is 0.205. The lowest BCUT2D eigenvalue weighted by molar-refractivity contribution is -0.106. The van der Waals surface area contributed by atoms with Crippen molar-refractivity contribution in [2.24, 2.45) is 16.3 Å². The van der Waals surface area contributed by atoms with Crippen LogP contribution in [0.1, 0.15) is 27.2 Å². The van der Waals surface area contributed by atoms with E-state index < -0.39 is 0 Å². The molecule has 2 fully saturated rings. The number of aliphatic imine (C=N–C) groups is 1. The second kappa shape index (κ2) is 8.08. The molecule has 0 aromatic heterocycles. The first-order valence-corrected chi connectivity index (χ1v) is 8.66. The zero-order chi connectivity index (χ0) is 13.9. The molecule has 0 spiro atoms. The molecule has 0 radical (unpaired) electrons. The Morgan fingerprint density at radius 3 is 2.85 bits per heavy atom. The number of ether oxygens (including phenoxy) is 1. The highest BCUT2D eigenvalue weighted by atomic mass is 127. The van der Waals surface area contributed by atoms with Gasteiger partial charge in [0.15, 0.2) is 5.96 Å². The molecule has 118 valence electrons. The van der Waals surface area contributed by atoms with Crippen LogP contribution in [0, 0.1) is 11.3 Å². The molecule has 1 aliphatic heterocycles. The molecule has 1 saturated heterocycles. The summed E-state index contributed by atoms with van der Waals surface area (Å²) in [5, 5.41) is 6.97. The fraction of sp³-hybridized carbons (Fsp3) is 0.929. The molecule has 20 heavy (non-hydrogen) atoms. The number of hydrogen-bond donors (Lipinski definition) is 2. The molecule has 1 saturated carbocycles. The zero-order valence-electron chi connectivity index (χ0n) is 12.9. The summed E-state index contributed by atoms with van der Waals surface area (Å²) in [7, 11) is 0. The number of nitrogens with one attached hydrogen (secondary N) is 2. The van der Waals surface area contributed by atoms with E-state index in [2.05, 4.69) is 42.7 Å². The first-order chi connectivity index (χ1) is 9.11. The molecular formula is C14H28IN3OS. The Kier molecular flexibility index (Phi) is 7.41. The maximum Gasteiger partial charge on any atom is 0.191 e. The predicted molar refractivity (Wildman–Crippen MR) is 98.3 cm³/mol. The number of hydrogen-bond acceptors (Lipinski definition) is 3. The predicted octanol–water partition coefficient (Wildman–Crippen LogP) is 2.34. The van der Waals surface area contributed by atoms with Gasteiger partial charge in [-0.05, 0) is 19.6 Å². The van der Waals surface area contributed by atoms with Crippen molar-refractivity contribution in [3.05, 3.63) is 0 Å². The number of halogens is 1. The van der Waals surface area contributed by atoms with Gasteiger partial charge < -0.3 is 15.4 Å². The van der Waals surface area contributed by atoms with Gasteiger partial charge in [-0.2, -0.15) is 11.8 Å². The largest absolute Gasteiger partial charge is 0.377 e. The first kappa shape index (κ1) is 18.4. The van der Waals surface area contributed by atoms with E-state index in [0.29, 0.717) is 18.1 Å². The fourth-order valence-corrected chi connectivity index (χ4v) is 3.61. The summed E-state index contributed by atoms with van der Waals surface area (Å²) in [4.78, 5) is 4.64. The quantitative estimate of drug-likeness (QED) is 0.314. The van der Waals surface area contributed by atoms with Crippen molar-refractivity contribution >= 4 is 41.7 Å². The molecule has 0 aromatic rings. The molecule has 0 aromatic carbocycles. The third kappa shape index (κ3) is 3.74. The van der Waals surface area contributed by atoms with Crippen molar-refractivity contribution in [1.29, 1.82) is 0 Å². The number of nitrogens with zero attached hydrogens (tertiary/aromatic N) is 1. The van der Waals surface area contributed by atoms with Crippen molar-refractivity contribution in [3.63, 3.8) is 0 Å². The van der Waals surface area contributed by atoms with E-state index in [4.69, 9.17) is 4.74 Å². The van der Waals surface area contributed by atoms with Crippen LogP contribution >= 0.6 is 35.7 Å². The number of guanidine groups is 1. The molecule has 0 amide bonds. The zero-order valence-corrected chi connectivity index (χ0v) is 16.1. The number of fused-ring (bicyclic) bond motifs is 1. The summed E-state index contributed by atoms with van der Waals surface area (Å²) in [6.45, 7) is 9.39. The van der Waals surface area contributed by atoms with Crippen LogP contribution in [0.4, 0.5) is 0 Å². The first-order valence-electron chi connectivity index (χ1n) is 7.26. The molecule has 3 unspecified atom stereocenters. The van der Waals surface area contributed by atoms with Crippen molar-refractivity contribution in [1.82, 2.24) is 10.6 Å². The highest BCUT2D eigenvalue weighted by Crippen LogP contribution is 2.51. The molecule has 2 aliphatic rings. The molecule has 3 atom stereocenters. The van der Waals surface area contributed by atoms with Crippen molar-refractivity contribution in [3.8, 4) is 0 Å². The fourth-order valence-electron chi connectivity index (χ4n) is 3.33. The molecule has 4 nitrogen and oxygen atoms in total. The highest BCUT2D eigenvalue weighted by molar-refractivity contribution is 14.0. The summed E-state index contributed by atoms with van der Waals surface area (Å²) < 4.78 is 5.83. The standard InChI is InChI=1S/C14H27N3OS.HI/c1-5-15-13(16-7-9-19-4)17-11-10-6-8-18-12(10)14(11,2)3;/h10-12H,5-9H2,1-4H3,(H2,15,16,17);1H. The molecule has 1 heterocycles. The van der Waals surface area contributed by atoms with Crippen LogP contribution in [0.3, 0.4) is 0 Å². The summed E-state index contributed by atoms with van der Waals surface area (Å²) >= 11 is 1.83. The summed E-state index contributed by atoms with van der Waals surface area (Å²) in [6.07, 6.45) is 3.72. The van der Waals surface area contributed by atoms with Crippen molar-refractivity contribution < 1.29 is 4.74 Å². The molecule has 0 bridgehead atoms. The second-order valence-corrected chi connectivity index (χ2v) is 6.93. The Morgan fingerprint density at radius 1 is 1.45 bits per heavy atom. The minimum atomic E-state index is 0. The van der Waals surface area contributed by atoms with E-state index in [0.717, 1.165) is 31.4 Å². The maximum atomic E-state index is 5.83. The van der Waals surface area contributed by atoms with Gasteiger partial charge >= 0.3 is 0 Å². The van der Waals surface area contributed by atoms with Crippen LogP contribution in [0.25, 0.3) is 0 Å². The summed E-state index contributed by atoms with van der Waals surface area (Å²) in [6, 6.07) is 0.479. The van der Waals surface area contributed by atoms with Gasteiger partial charge in [0.1, 0.15) is 0 Å². The lowest BCUT2D eigenvalue weighted by Gasteiger charge is -2.54. The maximum absolute atomic E-state index is 5.83. The van der Waals surface area contributed by atoms with Gasteiger partial charge in [0.05, 0.1) is 12.6 Å². The van der Waals surface area contributed by atoms with Crippen LogP contribution in [0.15, 0.2) is 4.99 Å². The number of thioether (sulfide) groups is 1. The Morgan fingerprint density at radius 2 is 2.20 bits per heavy atom. The van der Waals surface area contributed by atoms with Gasteiger partial charge in [-0.15, -0.1) is 24.0 Å². The average molecular weight is 413 g/mol. The van der Waals surface area contributed by atoms with Crippen LogP contribution in [0.5, 0.6) is 0 Å². The van der Waals surface area contributed by atoms with Gasteiger partial charge in [0.25, 0.3) is 0 Å². The van der Waals surface area contributed by atoms with Crippen molar-refractivity contribution in [2.75, 3.05) is 31.7 Å². The van der Waals surface area contributed by atoms with Crippen LogP contribution < -0.4 is 10.6 Å². The minimum absolute atomic E-state index is 0. The highest BCUT2D eigenvalue weighted by Gasteiger charge is 2.59. The van der Waals surface area contributed by atoms with Crippen LogP contribution in [-0.2, 0) is 4.74 Å². The van der Waals surface area contributed by atoms with Gasteiger partial charge in [-0.3, -0.25) is 4.99 Å². The Bertz CT molecular complexity index is 338. The van der Waals surface area contributed by atoms with Crippen molar-refractivity contribution in [2.45, 2.75) is 39.3 Å². The molecule has 1 aliphatic carbocycles. The Balaban J connectivity index is 0.00000200. The van der Waals surface area contributed by atoms with Gasteiger partial charge in [-0.1, -0.05) is 13.8 Å². The monoisotopic (exact) mass is 413 g/mol. The van der Waals surface area contributed by atoms with E-state index in [1.54, 1.807) is 0 Å². The lowest BCUT2D eigenvalue weighted by atomic mass is 9.57. The van der Waals surface area contributed by atoms with Crippen LogP contribution in [-0.4, -0.2) is 49.8 Å². The molecular weight excluding hydrogens is 385 g/mol. The average Bonchev–Trinajstić information content (AvgIpc) is 2.82. The molecule has 6 heteroatoms. The Hall–Kier alpha value is 0.310. The topological polar surface area (TPSA) is 45.7 Å². The van der Waals surface area contributed by atoms with Gasteiger partial charge in [-0.25, -0.2) is 0 Å². The molecule has 2 N–H and O–H groups in total. The third-order valence-corrected chi connectivity index (χ3v) is 4.89. The van der Waals surface area contributed by atoms with E-state index >= 15 is 0 Å². The van der Waals surface area contributed by atoms with Crippen LogP contribution in [0.2, 0.25) is 0 Å². The second-order valence-electron chi connectivity index (χ2n) is 5.94. The Labute approximate surface area is 144 Å². The van der Waals surface area contributed by atoms with E-state index in [9.17, 15) is 0 Å². The van der Waals surface area contributed by atoms with E-state index in [1.165, 1.54) is 6.42 Å². The SMILES string of the molecule is CCNC(=NCCSC)NC1C2CCOC2C1(C)C.I. The van der Waals surface area contributed by atoms with Gasteiger partial charge in [0, 0.05) is 36.3 Å². The summed E-state index contributed by atoms with van der Waals surface area (Å²) in [5.74, 6) is 2.68. The third-order valence-electron chi connectivity index (χ3n) is 4.30. The smallest absolute Gasteiger partial charge is 0.191 e. The molecule has 2 rings (SSSR count). The van der Waals surface area contributed by atoms with E-state index in [-0.39, 0.29) is 29.4 Å². The number of rotatable bonds is 5. The lowest BCUT2D eigenvalue weighted by Crippen LogP contribution is -2.68. The van der Waals surface area contributed by atoms with Gasteiger partial charge in [0.2, 0.25) is 0 Å². The van der Waals surface area contributed by atoms with E-state index in [1.807, 2.05) is 11.8 Å². The normalized spacial score (nSPS) is 31.0. The minimum Gasteiger partial charge on any atom is -0.377 e.